The summed E-state index contributed by atoms with van der Waals surface area (Å²) in [4.78, 5) is 48.6. The molecular formula is C34H49N3O5S. The van der Waals surface area contributed by atoms with Gasteiger partial charge in [-0.3, -0.25) is 14.4 Å². The molecule has 1 spiro atoms. The van der Waals surface area contributed by atoms with Crippen LogP contribution in [0.25, 0.3) is 0 Å². The number of rotatable bonds is 15. The molecule has 43 heavy (non-hydrogen) atoms. The molecule has 4 rings (SSSR count). The molecule has 236 valence electrons. The highest BCUT2D eigenvalue weighted by molar-refractivity contribution is 8.02. The van der Waals surface area contributed by atoms with Gasteiger partial charge in [0.15, 0.2) is 0 Å². The van der Waals surface area contributed by atoms with E-state index in [2.05, 4.69) is 31.9 Å². The number of carbonyl (C=O) groups excluding carboxylic acids is 3. The van der Waals surface area contributed by atoms with Crippen molar-refractivity contribution in [1.29, 1.82) is 0 Å². The number of ether oxygens (including phenoxy) is 1. The number of esters is 1. The Kier molecular flexibility index (Phi) is 10.4. The summed E-state index contributed by atoms with van der Waals surface area (Å²) in [5.74, 6) is -1.98. The van der Waals surface area contributed by atoms with Gasteiger partial charge in [-0.05, 0) is 76.6 Å². The molecule has 0 aliphatic carbocycles. The molecular weight excluding hydrogens is 562 g/mol. The maximum Gasteiger partial charge on any atom is 0.311 e. The zero-order valence-corrected chi connectivity index (χ0v) is 27.3. The van der Waals surface area contributed by atoms with Crippen molar-refractivity contribution >= 4 is 40.9 Å². The van der Waals surface area contributed by atoms with Crippen molar-refractivity contribution in [2.45, 2.75) is 81.9 Å². The van der Waals surface area contributed by atoms with E-state index in [9.17, 15) is 19.5 Å². The van der Waals surface area contributed by atoms with Crippen molar-refractivity contribution in [1.82, 2.24) is 4.90 Å². The number of amides is 2. The molecule has 8 nitrogen and oxygen atoms in total. The van der Waals surface area contributed by atoms with Gasteiger partial charge in [0.05, 0.1) is 35.8 Å². The fraction of sp³-hybridized carbons (Fsp3) is 0.618. The SMILES string of the molecule is C=CCCOC(=O)[C@@H]1[C@H]2C(=O)N([C@@H](CO)CC(C)C)C(C(=O)N(CC=C)c3ccc(N(CC)CC)cc3)C23CC[C@@]1(C)S3. The van der Waals surface area contributed by atoms with E-state index in [4.69, 9.17) is 4.74 Å². The summed E-state index contributed by atoms with van der Waals surface area (Å²) in [6.07, 6.45) is 5.81. The normalized spacial score (nSPS) is 28.1. The van der Waals surface area contributed by atoms with Crippen LogP contribution in [0, 0.1) is 17.8 Å². The minimum atomic E-state index is -0.832. The molecule has 3 aliphatic rings. The van der Waals surface area contributed by atoms with Gasteiger partial charge in [-0.1, -0.05) is 26.0 Å². The minimum Gasteiger partial charge on any atom is -0.465 e. The minimum absolute atomic E-state index is 0.191. The average molecular weight is 612 g/mol. The Morgan fingerprint density at radius 2 is 1.79 bits per heavy atom. The zero-order valence-electron chi connectivity index (χ0n) is 26.5. The third-order valence-electron chi connectivity index (χ3n) is 9.48. The summed E-state index contributed by atoms with van der Waals surface area (Å²) in [5, 5.41) is 10.6. The topological polar surface area (TPSA) is 90.4 Å². The molecule has 3 saturated heterocycles. The lowest BCUT2D eigenvalue weighted by molar-refractivity contribution is -0.156. The van der Waals surface area contributed by atoms with Gasteiger partial charge >= 0.3 is 5.97 Å². The Morgan fingerprint density at radius 3 is 2.35 bits per heavy atom. The fourth-order valence-corrected chi connectivity index (χ4v) is 9.90. The monoisotopic (exact) mass is 611 g/mol. The number of benzene rings is 1. The quantitative estimate of drug-likeness (QED) is 0.169. The number of aliphatic hydroxyl groups excluding tert-OH is 1. The van der Waals surface area contributed by atoms with Gasteiger partial charge in [-0.25, -0.2) is 0 Å². The van der Waals surface area contributed by atoms with E-state index < -0.39 is 33.4 Å². The first-order valence-corrected chi connectivity index (χ1v) is 16.5. The van der Waals surface area contributed by atoms with Crippen LogP contribution in [-0.2, 0) is 19.1 Å². The van der Waals surface area contributed by atoms with E-state index in [1.807, 2.05) is 45.0 Å². The third-order valence-corrected chi connectivity index (χ3v) is 11.5. The molecule has 1 aromatic rings. The van der Waals surface area contributed by atoms with Crippen LogP contribution < -0.4 is 9.80 Å². The number of likely N-dealkylation sites (tertiary alicyclic amines) is 1. The average Bonchev–Trinajstić information content (AvgIpc) is 3.56. The van der Waals surface area contributed by atoms with Crippen molar-refractivity contribution < 1.29 is 24.2 Å². The Balaban J connectivity index is 1.79. The summed E-state index contributed by atoms with van der Waals surface area (Å²) in [6, 6.07) is 6.56. The van der Waals surface area contributed by atoms with Gasteiger partial charge in [-0.15, -0.1) is 24.9 Å². The van der Waals surface area contributed by atoms with Gasteiger partial charge in [0.25, 0.3) is 5.91 Å². The molecule has 0 aromatic heterocycles. The van der Waals surface area contributed by atoms with Crippen LogP contribution in [0.15, 0.2) is 49.6 Å². The molecule has 2 bridgehead atoms. The summed E-state index contributed by atoms with van der Waals surface area (Å²) in [7, 11) is 0. The highest BCUT2D eigenvalue weighted by Crippen LogP contribution is 2.72. The first kappa shape index (κ1) is 33.1. The lowest BCUT2D eigenvalue weighted by atomic mass is 9.66. The van der Waals surface area contributed by atoms with Crippen molar-refractivity contribution in [2.75, 3.05) is 42.6 Å². The van der Waals surface area contributed by atoms with E-state index >= 15 is 0 Å². The molecule has 0 radical (unpaired) electrons. The van der Waals surface area contributed by atoms with Crippen LogP contribution >= 0.6 is 11.8 Å². The molecule has 1 N–H and O–H groups in total. The van der Waals surface area contributed by atoms with Crippen LogP contribution in [0.3, 0.4) is 0 Å². The van der Waals surface area contributed by atoms with Gasteiger partial charge in [0, 0.05) is 35.8 Å². The van der Waals surface area contributed by atoms with E-state index in [0.717, 1.165) is 24.5 Å². The van der Waals surface area contributed by atoms with Crippen LogP contribution in [0.5, 0.6) is 0 Å². The fourth-order valence-electron chi connectivity index (χ4n) is 7.58. The third kappa shape index (κ3) is 5.87. The molecule has 9 heteroatoms. The molecule has 1 aromatic carbocycles. The molecule has 3 fully saturated rings. The maximum absolute atomic E-state index is 14.9. The predicted octanol–water partition coefficient (Wildman–Crippen LogP) is 5.06. The number of aliphatic hydroxyl groups is 1. The molecule has 6 atom stereocenters. The van der Waals surface area contributed by atoms with Crippen LogP contribution in [0.1, 0.15) is 60.3 Å². The van der Waals surface area contributed by atoms with Crippen LogP contribution in [-0.4, -0.2) is 82.2 Å². The highest BCUT2D eigenvalue weighted by Gasteiger charge is 2.78. The van der Waals surface area contributed by atoms with E-state index in [-0.39, 0.29) is 43.5 Å². The number of hydrogen-bond donors (Lipinski definition) is 1. The van der Waals surface area contributed by atoms with Gasteiger partial charge < -0.3 is 24.5 Å². The van der Waals surface area contributed by atoms with E-state index in [0.29, 0.717) is 25.7 Å². The number of carbonyl (C=O) groups is 3. The Hall–Kier alpha value is -2.78. The molecule has 2 amide bonds. The predicted molar refractivity (Wildman–Crippen MR) is 174 cm³/mol. The second-order valence-corrected chi connectivity index (χ2v) is 14.5. The van der Waals surface area contributed by atoms with Crippen molar-refractivity contribution in [3.63, 3.8) is 0 Å². The van der Waals surface area contributed by atoms with Crippen LogP contribution in [0.4, 0.5) is 11.4 Å². The Bertz CT molecular complexity index is 1200. The molecule has 0 saturated carbocycles. The summed E-state index contributed by atoms with van der Waals surface area (Å²) >= 11 is 1.62. The summed E-state index contributed by atoms with van der Waals surface area (Å²) < 4.78 is 4.36. The Morgan fingerprint density at radius 1 is 1.14 bits per heavy atom. The summed E-state index contributed by atoms with van der Waals surface area (Å²) in [6.45, 7) is 20.0. The van der Waals surface area contributed by atoms with Crippen LogP contribution in [0.2, 0.25) is 0 Å². The number of thioether (sulfide) groups is 1. The lowest BCUT2D eigenvalue weighted by Gasteiger charge is -2.40. The standard InChI is InChI=1S/C34H49N3O5S/c1-8-12-20-42-32(41)28-27-30(39)37(26(22-38)21-23(5)6)29(34(27)18-17-33(28,7)43-34)31(40)36(19-9-2)25-15-13-24(14-16-25)35(10-3)11-4/h8-9,13-16,23,26-29,38H,1-2,10-12,17-22H2,3-7H3/t26-,27+,28+,29?,33-,34?/m1/s1. The number of hydrogen-bond acceptors (Lipinski definition) is 7. The molecule has 2 unspecified atom stereocenters. The zero-order chi connectivity index (χ0) is 31.5. The molecule has 3 aliphatic heterocycles. The molecule has 3 heterocycles. The second-order valence-electron chi connectivity index (χ2n) is 12.6. The number of anilines is 2. The van der Waals surface area contributed by atoms with Crippen molar-refractivity contribution in [2.24, 2.45) is 17.8 Å². The summed E-state index contributed by atoms with van der Waals surface area (Å²) in [5.41, 5.74) is 1.80. The van der Waals surface area contributed by atoms with E-state index in [1.54, 1.807) is 33.7 Å². The van der Waals surface area contributed by atoms with Crippen molar-refractivity contribution in [3.8, 4) is 0 Å². The largest absolute Gasteiger partial charge is 0.465 e. The highest BCUT2D eigenvalue weighted by atomic mass is 32.2. The lowest BCUT2D eigenvalue weighted by Crippen LogP contribution is -2.57. The first-order valence-electron chi connectivity index (χ1n) is 15.7. The van der Waals surface area contributed by atoms with Crippen molar-refractivity contribution in [3.05, 3.63) is 49.6 Å². The van der Waals surface area contributed by atoms with Gasteiger partial charge in [0.2, 0.25) is 5.91 Å². The first-order chi connectivity index (χ1) is 20.5. The van der Waals surface area contributed by atoms with E-state index in [1.165, 1.54) is 0 Å². The number of nitrogens with zero attached hydrogens (tertiary/aromatic N) is 3. The Labute approximate surface area is 261 Å². The number of fused-ring (bicyclic) bond motifs is 1. The smallest absolute Gasteiger partial charge is 0.311 e. The maximum atomic E-state index is 14.9. The second kappa shape index (κ2) is 13.5. The van der Waals surface area contributed by atoms with Gasteiger partial charge in [0.1, 0.15) is 6.04 Å². The van der Waals surface area contributed by atoms with Gasteiger partial charge in [-0.2, -0.15) is 0 Å².